The largest absolute Gasteiger partial charge is 0.496 e. The molecule has 0 unspecified atom stereocenters. The van der Waals surface area contributed by atoms with Crippen LogP contribution in [0.2, 0.25) is 0 Å². The van der Waals surface area contributed by atoms with Gasteiger partial charge in [-0.15, -0.1) is 0 Å². The summed E-state index contributed by atoms with van der Waals surface area (Å²) in [6.07, 6.45) is 0. The van der Waals surface area contributed by atoms with E-state index in [4.69, 9.17) is 9.47 Å². The maximum atomic E-state index is 5.40. The third kappa shape index (κ3) is 4.67. The van der Waals surface area contributed by atoms with Crippen molar-refractivity contribution in [1.82, 2.24) is 0 Å². The SMILES string of the molecule is C=C(C)OCCOCc1ccccc1. The quantitative estimate of drug-likeness (QED) is 0.509. The van der Waals surface area contributed by atoms with Crippen LogP contribution in [0.25, 0.3) is 0 Å². The van der Waals surface area contributed by atoms with Crippen molar-refractivity contribution in [3.63, 3.8) is 0 Å². The summed E-state index contributed by atoms with van der Waals surface area (Å²) in [5.74, 6) is 0.730. The second-order valence-corrected chi connectivity index (χ2v) is 3.09. The fourth-order valence-corrected chi connectivity index (χ4v) is 1.04. The van der Waals surface area contributed by atoms with Crippen molar-refractivity contribution >= 4 is 0 Å². The maximum Gasteiger partial charge on any atom is 0.111 e. The molecule has 2 nitrogen and oxygen atoms in total. The van der Waals surface area contributed by atoms with E-state index in [0.717, 1.165) is 5.76 Å². The Hall–Kier alpha value is -1.28. The molecule has 0 saturated carbocycles. The minimum Gasteiger partial charge on any atom is -0.496 e. The van der Waals surface area contributed by atoms with E-state index in [1.54, 1.807) is 0 Å². The van der Waals surface area contributed by atoms with E-state index in [2.05, 4.69) is 6.58 Å². The average molecular weight is 192 g/mol. The van der Waals surface area contributed by atoms with Gasteiger partial charge >= 0.3 is 0 Å². The minimum atomic E-state index is 0.572. The zero-order valence-electron chi connectivity index (χ0n) is 8.53. The highest BCUT2D eigenvalue weighted by Gasteiger charge is 1.91. The first-order valence-electron chi connectivity index (χ1n) is 4.69. The Balaban J connectivity index is 2.08. The van der Waals surface area contributed by atoms with Crippen molar-refractivity contribution in [2.24, 2.45) is 0 Å². The molecule has 0 atom stereocenters. The van der Waals surface area contributed by atoms with E-state index in [-0.39, 0.29) is 0 Å². The fourth-order valence-electron chi connectivity index (χ4n) is 1.04. The van der Waals surface area contributed by atoms with Gasteiger partial charge < -0.3 is 9.47 Å². The molecule has 76 valence electrons. The molecule has 0 saturated heterocycles. The van der Waals surface area contributed by atoms with E-state index in [1.807, 2.05) is 37.3 Å². The van der Waals surface area contributed by atoms with Crippen molar-refractivity contribution < 1.29 is 9.47 Å². The van der Waals surface area contributed by atoms with Gasteiger partial charge in [-0.1, -0.05) is 36.9 Å². The van der Waals surface area contributed by atoms with E-state index in [1.165, 1.54) is 5.56 Å². The Bertz CT molecular complexity index is 267. The van der Waals surface area contributed by atoms with Crippen molar-refractivity contribution in [3.8, 4) is 0 Å². The lowest BCUT2D eigenvalue weighted by atomic mass is 10.2. The van der Waals surface area contributed by atoms with E-state index < -0.39 is 0 Å². The molecule has 0 spiro atoms. The summed E-state index contributed by atoms with van der Waals surface area (Å²) >= 11 is 0. The van der Waals surface area contributed by atoms with Crippen LogP contribution in [0.4, 0.5) is 0 Å². The van der Waals surface area contributed by atoms with Gasteiger partial charge in [0.25, 0.3) is 0 Å². The van der Waals surface area contributed by atoms with Crippen LogP contribution in [0, 0.1) is 0 Å². The summed E-state index contributed by atoms with van der Waals surface area (Å²) < 4.78 is 10.6. The van der Waals surface area contributed by atoms with Crippen molar-refractivity contribution in [1.29, 1.82) is 0 Å². The van der Waals surface area contributed by atoms with Gasteiger partial charge in [-0.3, -0.25) is 0 Å². The van der Waals surface area contributed by atoms with Gasteiger partial charge in [0, 0.05) is 0 Å². The lowest BCUT2D eigenvalue weighted by molar-refractivity contribution is 0.0672. The van der Waals surface area contributed by atoms with Crippen molar-refractivity contribution in [2.45, 2.75) is 13.5 Å². The molecule has 2 heteroatoms. The monoisotopic (exact) mass is 192 g/mol. The number of benzene rings is 1. The zero-order valence-corrected chi connectivity index (χ0v) is 8.53. The highest BCUT2D eigenvalue weighted by atomic mass is 16.5. The van der Waals surface area contributed by atoms with Crippen LogP contribution in [0.3, 0.4) is 0 Å². The van der Waals surface area contributed by atoms with Gasteiger partial charge in [-0.05, 0) is 12.5 Å². The summed E-state index contributed by atoms with van der Waals surface area (Å²) in [6.45, 7) is 7.27. The summed E-state index contributed by atoms with van der Waals surface area (Å²) in [5, 5.41) is 0. The highest BCUT2D eigenvalue weighted by molar-refractivity contribution is 5.13. The van der Waals surface area contributed by atoms with E-state index in [9.17, 15) is 0 Å². The second kappa shape index (κ2) is 6.22. The van der Waals surface area contributed by atoms with E-state index in [0.29, 0.717) is 19.8 Å². The van der Waals surface area contributed by atoms with Crippen LogP contribution in [0.5, 0.6) is 0 Å². The molecular formula is C12H16O2. The molecule has 0 aromatic heterocycles. The lowest BCUT2D eigenvalue weighted by Gasteiger charge is -2.06. The molecule has 0 aliphatic rings. The van der Waals surface area contributed by atoms with Gasteiger partial charge in [0.15, 0.2) is 0 Å². The van der Waals surface area contributed by atoms with Gasteiger partial charge in [-0.2, -0.15) is 0 Å². The number of rotatable bonds is 6. The molecule has 0 fully saturated rings. The summed E-state index contributed by atoms with van der Waals surface area (Å²) in [5.41, 5.74) is 1.18. The fraction of sp³-hybridized carbons (Fsp3) is 0.333. The zero-order chi connectivity index (χ0) is 10.2. The molecule has 0 radical (unpaired) electrons. The van der Waals surface area contributed by atoms with Gasteiger partial charge in [0.05, 0.1) is 19.0 Å². The van der Waals surface area contributed by atoms with Crippen LogP contribution in [-0.2, 0) is 16.1 Å². The molecule has 0 amide bonds. The normalized spacial score (nSPS) is 9.79. The smallest absolute Gasteiger partial charge is 0.111 e. The molecule has 1 aromatic rings. The number of allylic oxidation sites excluding steroid dienone is 1. The Morgan fingerprint density at radius 1 is 1.21 bits per heavy atom. The Kier molecular flexibility index (Phi) is 4.79. The Morgan fingerprint density at radius 3 is 2.57 bits per heavy atom. The molecule has 0 aliphatic heterocycles. The molecule has 0 heterocycles. The molecular weight excluding hydrogens is 176 g/mol. The Labute approximate surface area is 85.2 Å². The first-order valence-corrected chi connectivity index (χ1v) is 4.69. The van der Waals surface area contributed by atoms with E-state index >= 15 is 0 Å². The van der Waals surface area contributed by atoms with Crippen LogP contribution >= 0.6 is 0 Å². The van der Waals surface area contributed by atoms with Gasteiger partial charge in [0.1, 0.15) is 6.61 Å². The third-order valence-corrected chi connectivity index (χ3v) is 1.69. The summed E-state index contributed by atoms with van der Waals surface area (Å²) in [6, 6.07) is 10.1. The van der Waals surface area contributed by atoms with Crippen molar-refractivity contribution in [2.75, 3.05) is 13.2 Å². The molecule has 14 heavy (non-hydrogen) atoms. The molecule has 1 aromatic carbocycles. The molecule has 1 rings (SSSR count). The first kappa shape index (κ1) is 10.8. The van der Waals surface area contributed by atoms with Crippen LogP contribution in [0.1, 0.15) is 12.5 Å². The predicted octanol–water partition coefficient (Wildman–Crippen LogP) is 2.75. The Morgan fingerprint density at radius 2 is 1.93 bits per heavy atom. The number of hydrogen-bond donors (Lipinski definition) is 0. The molecule has 0 N–H and O–H groups in total. The number of hydrogen-bond acceptors (Lipinski definition) is 2. The van der Waals surface area contributed by atoms with Gasteiger partial charge in [-0.25, -0.2) is 0 Å². The third-order valence-electron chi connectivity index (χ3n) is 1.69. The molecule has 0 aliphatic carbocycles. The first-order chi connectivity index (χ1) is 6.79. The lowest BCUT2D eigenvalue weighted by Crippen LogP contribution is -2.02. The minimum absolute atomic E-state index is 0.572. The van der Waals surface area contributed by atoms with Crippen LogP contribution < -0.4 is 0 Å². The highest BCUT2D eigenvalue weighted by Crippen LogP contribution is 2.00. The van der Waals surface area contributed by atoms with Gasteiger partial charge in [0.2, 0.25) is 0 Å². The van der Waals surface area contributed by atoms with Crippen molar-refractivity contribution in [3.05, 3.63) is 48.2 Å². The summed E-state index contributed by atoms with van der Waals surface area (Å²) in [4.78, 5) is 0. The topological polar surface area (TPSA) is 18.5 Å². The number of ether oxygens (including phenoxy) is 2. The average Bonchev–Trinajstić information content (AvgIpc) is 2.18. The van der Waals surface area contributed by atoms with Crippen LogP contribution in [-0.4, -0.2) is 13.2 Å². The van der Waals surface area contributed by atoms with Crippen LogP contribution in [0.15, 0.2) is 42.7 Å². The summed E-state index contributed by atoms with van der Waals surface area (Å²) in [7, 11) is 0. The standard InChI is InChI=1S/C12H16O2/c1-11(2)14-9-8-13-10-12-6-4-3-5-7-12/h3-7H,1,8-10H2,2H3. The maximum absolute atomic E-state index is 5.40. The predicted molar refractivity (Wildman–Crippen MR) is 56.9 cm³/mol. The second-order valence-electron chi connectivity index (χ2n) is 3.09. The molecule has 0 bridgehead atoms.